The second-order valence-electron chi connectivity index (χ2n) is 3.76. The van der Waals surface area contributed by atoms with Gasteiger partial charge in [-0.1, -0.05) is 27.7 Å². The summed E-state index contributed by atoms with van der Waals surface area (Å²) in [6, 6.07) is 0. The zero-order chi connectivity index (χ0) is 8.58. The molecule has 0 spiro atoms. The molecule has 0 radical (unpaired) electrons. The van der Waals surface area contributed by atoms with Crippen LogP contribution in [0.1, 0.15) is 34.6 Å². The Morgan fingerprint density at radius 2 is 1.30 bits per heavy atom. The van der Waals surface area contributed by atoms with Crippen molar-refractivity contribution in [2.45, 2.75) is 39.0 Å². The van der Waals surface area contributed by atoms with Crippen molar-refractivity contribution >= 4 is 23.2 Å². The van der Waals surface area contributed by atoms with Crippen molar-refractivity contribution in [3.05, 3.63) is 0 Å². The van der Waals surface area contributed by atoms with Gasteiger partial charge in [0.2, 0.25) is 0 Å². The molecule has 0 aromatic carbocycles. The SMILES string of the molecule is CC(C)C(C)(C)C(C)(Cl)Cl. The Hall–Kier alpha value is 0.580. The zero-order valence-corrected chi connectivity index (χ0v) is 8.85. The van der Waals surface area contributed by atoms with Crippen LogP contribution >= 0.6 is 23.2 Å². The normalized spacial score (nSPS) is 14.4. The maximum Gasteiger partial charge on any atom is 0.120 e. The molecule has 0 N–H and O–H groups in total. The van der Waals surface area contributed by atoms with Crippen LogP contribution in [0.5, 0.6) is 0 Å². The monoisotopic (exact) mass is 182 g/mol. The topological polar surface area (TPSA) is 0 Å². The van der Waals surface area contributed by atoms with Crippen LogP contribution in [0, 0.1) is 11.3 Å². The Bertz CT molecular complexity index is 109. The molecule has 0 saturated heterocycles. The molecule has 10 heavy (non-hydrogen) atoms. The molecule has 0 aliphatic carbocycles. The van der Waals surface area contributed by atoms with Gasteiger partial charge >= 0.3 is 0 Å². The molecular weight excluding hydrogens is 167 g/mol. The lowest BCUT2D eigenvalue weighted by molar-refractivity contribution is 0.224. The maximum absolute atomic E-state index is 5.99. The second-order valence-corrected chi connectivity index (χ2v) is 5.47. The van der Waals surface area contributed by atoms with Crippen LogP contribution in [0.4, 0.5) is 0 Å². The minimum absolute atomic E-state index is 0.0316. The molecule has 0 bridgehead atoms. The molecular formula is C8H16Cl2. The van der Waals surface area contributed by atoms with Gasteiger partial charge in [-0.15, -0.1) is 23.2 Å². The summed E-state index contributed by atoms with van der Waals surface area (Å²) >= 11 is 12.0. The summed E-state index contributed by atoms with van der Waals surface area (Å²) in [5.41, 5.74) is -0.0316. The predicted octanol–water partition coefficient (Wildman–Crippen LogP) is 3.86. The van der Waals surface area contributed by atoms with Crippen molar-refractivity contribution in [3.63, 3.8) is 0 Å². The van der Waals surface area contributed by atoms with Crippen molar-refractivity contribution in [2.24, 2.45) is 11.3 Å². The fraction of sp³-hybridized carbons (Fsp3) is 1.00. The predicted molar refractivity (Wildman–Crippen MR) is 48.7 cm³/mol. The summed E-state index contributed by atoms with van der Waals surface area (Å²) in [5, 5.41) is 0. The van der Waals surface area contributed by atoms with E-state index < -0.39 is 4.33 Å². The molecule has 0 atom stereocenters. The summed E-state index contributed by atoms with van der Waals surface area (Å²) < 4.78 is -0.638. The Morgan fingerprint density at radius 3 is 1.30 bits per heavy atom. The average Bonchev–Trinajstić information content (AvgIpc) is 1.62. The molecule has 0 nitrogen and oxygen atoms in total. The van der Waals surface area contributed by atoms with Crippen molar-refractivity contribution in [2.75, 3.05) is 0 Å². The summed E-state index contributed by atoms with van der Waals surface area (Å²) in [5.74, 6) is 0.493. The van der Waals surface area contributed by atoms with Gasteiger partial charge in [-0.2, -0.15) is 0 Å². The van der Waals surface area contributed by atoms with Crippen molar-refractivity contribution < 1.29 is 0 Å². The Morgan fingerprint density at radius 1 is 1.00 bits per heavy atom. The Balaban J connectivity index is 4.40. The average molecular weight is 183 g/mol. The highest BCUT2D eigenvalue weighted by Gasteiger charge is 2.39. The van der Waals surface area contributed by atoms with Crippen LogP contribution in [0.25, 0.3) is 0 Å². The van der Waals surface area contributed by atoms with Crippen LogP contribution < -0.4 is 0 Å². The number of hydrogen-bond donors (Lipinski definition) is 0. The summed E-state index contributed by atoms with van der Waals surface area (Å²) in [6.07, 6.45) is 0. The summed E-state index contributed by atoms with van der Waals surface area (Å²) in [7, 11) is 0. The lowest BCUT2D eigenvalue weighted by atomic mass is 9.78. The lowest BCUT2D eigenvalue weighted by Crippen LogP contribution is -2.35. The first-order chi connectivity index (χ1) is 4.19. The van der Waals surface area contributed by atoms with Crippen molar-refractivity contribution in [1.29, 1.82) is 0 Å². The van der Waals surface area contributed by atoms with Crippen LogP contribution in [0.15, 0.2) is 0 Å². The van der Waals surface area contributed by atoms with Crippen LogP contribution in [0.2, 0.25) is 0 Å². The van der Waals surface area contributed by atoms with E-state index in [9.17, 15) is 0 Å². The molecule has 0 aromatic rings. The third-order valence-corrected chi connectivity index (χ3v) is 3.55. The number of halogens is 2. The van der Waals surface area contributed by atoms with Gasteiger partial charge in [0, 0.05) is 0 Å². The van der Waals surface area contributed by atoms with Crippen molar-refractivity contribution in [1.82, 2.24) is 0 Å². The van der Waals surface area contributed by atoms with Gasteiger partial charge < -0.3 is 0 Å². The van der Waals surface area contributed by atoms with Crippen molar-refractivity contribution in [3.8, 4) is 0 Å². The van der Waals surface area contributed by atoms with Gasteiger partial charge in [-0.05, 0) is 18.3 Å². The smallest absolute Gasteiger partial charge is 0.101 e. The fourth-order valence-corrected chi connectivity index (χ4v) is 0.943. The Kier molecular flexibility index (Phi) is 3.07. The molecule has 0 aliphatic rings. The van der Waals surface area contributed by atoms with Gasteiger partial charge in [0.05, 0.1) is 0 Å². The summed E-state index contributed by atoms with van der Waals surface area (Å²) in [6.45, 7) is 10.3. The molecule has 2 heteroatoms. The fourth-order valence-electron chi connectivity index (χ4n) is 0.507. The number of hydrogen-bond acceptors (Lipinski definition) is 0. The molecule has 0 unspecified atom stereocenters. The highest BCUT2D eigenvalue weighted by atomic mass is 35.5. The quantitative estimate of drug-likeness (QED) is 0.570. The van der Waals surface area contributed by atoms with Crippen LogP contribution in [-0.4, -0.2) is 4.33 Å². The molecule has 0 aromatic heterocycles. The highest BCUT2D eigenvalue weighted by Crippen LogP contribution is 2.45. The van der Waals surface area contributed by atoms with E-state index in [1.165, 1.54) is 0 Å². The highest BCUT2D eigenvalue weighted by molar-refractivity contribution is 6.48. The maximum atomic E-state index is 5.99. The van der Waals surface area contributed by atoms with E-state index in [2.05, 4.69) is 27.7 Å². The third kappa shape index (κ3) is 2.03. The van der Waals surface area contributed by atoms with Gasteiger partial charge in [-0.25, -0.2) is 0 Å². The first-order valence-electron chi connectivity index (χ1n) is 3.57. The molecule has 0 heterocycles. The van der Waals surface area contributed by atoms with E-state index in [0.29, 0.717) is 5.92 Å². The molecule has 0 rings (SSSR count). The van der Waals surface area contributed by atoms with E-state index in [-0.39, 0.29) is 5.41 Å². The molecule has 0 saturated carbocycles. The second kappa shape index (κ2) is 2.91. The van der Waals surface area contributed by atoms with E-state index in [0.717, 1.165) is 0 Å². The van der Waals surface area contributed by atoms with E-state index in [1.54, 1.807) is 0 Å². The van der Waals surface area contributed by atoms with Crippen LogP contribution in [-0.2, 0) is 0 Å². The molecule has 62 valence electrons. The molecule has 0 fully saturated rings. The molecule has 0 amide bonds. The van der Waals surface area contributed by atoms with Gasteiger partial charge in [0.25, 0.3) is 0 Å². The Labute approximate surface area is 73.9 Å². The third-order valence-electron chi connectivity index (χ3n) is 2.57. The lowest BCUT2D eigenvalue weighted by Gasteiger charge is -2.38. The van der Waals surface area contributed by atoms with Gasteiger partial charge in [-0.3, -0.25) is 0 Å². The van der Waals surface area contributed by atoms with Gasteiger partial charge in [0.15, 0.2) is 0 Å². The van der Waals surface area contributed by atoms with Gasteiger partial charge in [0.1, 0.15) is 4.33 Å². The zero-order valence-electron chi connectivity index (χ0n) is 7.33. The standard InChI is InChI=1S/C8H16Cl2/c1-6(2)7(3,4)8(5,9)10/h6H,1-5H3. The van der Waals surface area contributed by atoms with E-state index >= 15 is 0 Å². The van der Waals surface area contributed by atoms with Crippen LogP contribution in [0.3, 0.4) is 0 Å². The molecule has 0 aliphatic heterocycles. The first-order valence-corrected chi connectivity index (χ1v) is 4.33. The van der Waals surface area contributed by atoms with E-state index in [1.807, 2.05) is 6.92 Å². The minimum Gasteiger partial charge on any atom is -0.101 e. The number of rotatable bonds is 2. The minimum atomic E-state index is -0.638. The first kappa shape index (κ1) is 10.6. The number of alkyl halides is 2. The largest absolute Gasteiger partial charge is 0.120 e. The summed E-state index contributed by atoms with van der Waals surface area (Å²) in [4.78, 5) is 0. The van der Waals surface area contributed by atoms with E-state index in [4.69, 9.17) is 23.2 Å².